The fraction of sp³-hybridized carbons (Fsp3) is 0.273. The lowest BCUT2D eigenvalue weighted by molar-refractivity contribution is 0.305. The minimum Gasteiger partial charge on any atom is -0.489 e. The zero-order chi connectivity index (χ0) is 21.1. The first-order valence-corrected chi connectivity index (χ1v) is 10.2. The van der Waals surface area contributed by atoms with Gasteiger partial charge in [-0.1, -0.05) is 23.7 Å². The number of aromatic nitrogens is 2. The van der Waals surface area contributed by atoms with Crippen LogP contribution in [-0.4, -0.2) is 35.7 Å². The van der Waals surface area contributed by atoms with Crippen LogP contribution in [0.4, 0.5) is 5.82 Å². The summed E-state index contributed by atoms with van der Waals surface area (Å²) in [4.78, 5) is 30.2. The van der Waals surface area contributed by atoms with Gasteiger partial charge in [-0.05, 0) is 49.4 Å². The van der Waals surface area contributed by atoms with Crippen molar-refractivity contribution >= 4 is 17.4 Å². The number of hydrogen-bond donors (Lipinski definition) is 2. The van der Waals surface area contributed by atoms with Gasteiger partial charge in [-0.15, -0.1) is 0 Å². The fourth-order valence-electron chi connectivity index (χ4n) is 3.54. The van der Waals surface area contributed by atoms with Crippen molar-refractivity contribution in [3.8, 4) is 11.4 Å². The number of H-pyrrole nitrogens is 1. The van der Waals surface area contributed by atoms with Crippen molar-refractivity contribution in [2.45, 2.75) is 19.1 Å². The number of nitrogens with one attached hydrogen (secondary N) is 2. The van der Waals surface area contributed by atoms with E-state index in [0.29, 0.717) is 23.4 Å². The van der Waals surface area contributed by atoms with Crippen LogP contribution in [0.1, 0.15) is 12.0 Å². The molecule has 30 heavy (non-hydrogen) atoms. The Labute approximate surface area is 178 Å². The Bertz CT molecular complexity index is 1140. The second-order valence-electron chi connectivity index (χ2n) is 7.26. The quantitative estimate of drug-likeness (QED) is 0.633. The summed E-state index contributed by atoms with van der Waals surface area (Å²) < 4.78 is 7.00. The van der Waals surface area contributed by atoms with Gasteiger partial charge in [-0.25, -0.2) is 0 Å². The Morgan fingerprint density at radius 3 is 2.63 bits per heavy atom. The van der Waals surface area contributed by atoms with Crippen LogP contribution in [-0.2, 0) is 6.61 Å². The molecule has 0 radical (unpaired) electrons. The standard InChI is InChI=1S/C22H23ClN4O3/c1-24-17-8-10-26(13-17)20-7-6-19(22(29)25-20)27-11-9-18(12-21(27)28)30-14-15-2-4-16(23)5-3-15/h2-7,9,11-12,17,24H,8,10,13-14H2,1H3,(H,25,29). The third kappa shape index (κ3) is 4.42. The normalized spacial score (nSPS) is 16.1. The number of pyridine rings is 2. The number of halogens is 1. The van der Waals surface area contributed by atoms with Gasteiger partial charge in [-0.3, -0.25) is 14.2 Å². The summed E-state index contributed by atoms with van der Waals surface area (Å²) >= 11 is 5.88. The van der Waals surface area contributed by atoms with Gasteiger partial charge in [0.15, 0.2) is 0 Å². The number of aromatic amines is 1. The molecule has 1 atom stereocenters. The maximum absolute atomic E-state index is 12.6. The average Bonchev–Trinajstić information content (AvgIpc) is 3.23. The predicted molar refractivity (Wildman–Crippen MR) is 118 cm³/mol. The highest BCUT2D eigenvalue weighted by atomic mass is 35.5. The van der Waals surface area contributed by atoms with Crippen molar-refractivity contribution in [3.05, 3.63) is 86.0 Å². The largest absolute Gasteiger partial charge is 0.489 e. The smallest absolute Gasteiger partial charge is 0.273 e. The number of anilines is 1. The maximum atomic E-state index is 12.6. The maximum Gasteiger partial charge on any atom is 0.273 e. The summed E-state index contributed by atoms with van der Waals surface area (Å²) in [7, 11) is 1.94. The molecule has 0 amide bonds. The highest BCUT2D eigenvalue weighted by Gasteiger charge is 2.22. The van der Waals surface area contributed by atoms with Gasteiger partial charge in [0.1, 0.15) is 23.9 Å². The highest BCUT2D eigenvalue weighted by molar-refractivity contribution is 6.30. The van der Waals surface area contributed by atoms with Crippen LogP contribution in [0.15, 0.2) is 64.3 Å². The van der Waals surface area contributed by atoms with E-state index in [0.717, 1.165) is 30.9 Å². The molecule has 0 aliphatic carbocycles. The summed E-state index contributed by atoms with van der Waals surface area (Å²) in [5.74, 6) is 1.20. The van der Waals surface area contributed by atoms with E-state index in [-0.39, 0.29) is 16.8 Å². The SMILES string of the molecule is CNC1CCN(c2ccc(-n3ccc(OCc4ccc(Cl)cc4)cc3=O)c(=O)[nH]2)C1. The number of benzene rings is 1. The van der Waals surface area contributed by atoms with Gasteiger partial charge in [0.05, 0.1) is 0 Å². The number of rotatable bonds is 6. The molecule has 3 aromatic rings. The zero-order valence-electron chi connectivity index (χ0n) is 16.6. The molecule has 3 heterocycles. The van der Waals surface area contributed by atoms with E-state index < -0.39 is 0 Å². The Morgan fingerprint density at radius 1 is 1.17 bits per heavy atom. The van der Waals surface area contributed by atoms with E-state index in [9.17, 15) is 9.59 Å². The Kier molecular flexibility index (Phi) is 5.92. The van der Waals surface area contributed by atoms with Crippen LogP contribution in [0.3, 0.4) is 0 Å². The van der Waals surface area contributed by atoms with E-state index in [4.69, 9.17) is 16.3 Å². The third-order valence-electron chi connectivity index (χ3n) is 5.28. The van der Waals surface area contributed by atoms with Gasteiger partial charge in [0.25, 0.3) is 11.1 Å². The average molecular weight is 427 g/mol. The molecule has 1 aliphatic heterocycles. The van der Waals surface area contributed by atoms with E-state index in [1.54, 1.807) is 30.5 Å². The van der Waals surface area contributed by atoms with Gasteiger partial charge >= 0.3 is 0 Å². The van der Waals surface area contributed by atoms with E-state index in [1.807, 2.05) is 25.2 Å². The van der Waals surface area contributed by atoms with E-state index in [2.05, 4.69) is 15.2 Å². The monoisotopic (exact) mass is 426 g/mol. The summed E-state index contributed by atoms with van der Waals surface area (Å²) in [6.45, 7) is 2.03. The first kappa shape index (κ1) is 20.3. The second kappa shape index (κ2) is 8.77. The summed E-state index contributed by atoms with van der Waals surface area (Å²) in [6.07, 6.45) is 2.58. The molecule has 1 unspecified atom stereocenters. The van der Waals surface area contributed by atoms with Crippen LogP contribution in [0.25, 0.3) is 5.69 Å². The second-order valence-corrected chi connectivity index (χ2v) is 7.70. The van der Waals surface area contributed by atoms with Crippen LogP contribution in [0.2, 0.25) is 5.02 Å². The Hall–Kier alpha value is -3.03. The summed E-state index contributed by atoms with van der Waals surface area (Å²) in [5.41, 5.74) is 0.575. The van der Waals surface area contributed by atoms with Crippen molar-refractivity contribution in [1.82, 2.24) is 14.9 Å². The predicted octanol–water partition coefficient (Wildman–Crippen LogP) is 2.56. The minimum atomic E-state index is -0.335. The topological polar surface area (TPSA) is 79.4 Å². The number of hydrogen-bond acceptors (Lipinski definition) is 5. The van der Waals surface area contributed by atoms with Crippen molar-refractivity contribution in [2.75, 3.05) is 25.0 Å². The van der Waals surface area contributed by atoms with E-state index in [1.165, 1.54) is 10.6 Å². The lowest BCUT2D eigenvalue weighted by atomic mass is 10.2. The molecule has 2 N–H and O–H groups in total. The zero-order valence-corrected chi connectivity index (χ0v) is 17.4. The summed E-state index contributed by atoms with van der Waals surface area (Å²) in [5, 5.41) is 3.91. The molecule has 0 saturated carbocycles. The molecular weight excluding hydrogens is 404 g/mol. The van der Waals surface area contributed by atoms with Crippen molar-refractivity contribution in [2.24, 2.45) is 0 Å². The molecule has 156 valence electrons. The molecule has 1 aromatic carbocycles. The molecule has 8 heteroatoms. The van der Waals surface area contributed by atoms with Crippen LogP contribution in [0, 0.1) is 0 Å². The molecule has 0 bridgehead atoms. The van der Waals surface area contributed by atoms with Crippen molar-refractivity contribution in [3.63, 3.8) is 0 Å². The first-order chi connectivity index (χ1) is 14.5. The molecular formula is C22H23ClN4O3. The third-order valence-corrected chi connectivity index (χ3v) is 5.53. The van der Waals surface area contributed by atoms with Gasteiger partial charge in [0, 0.05) is 36.4 Å². The molecule has 1 fully saturated rings. The lowest BCUT2D eigenvalue weighted by Crippen LogP contribution is -2.31. The summed E-state index contributed by atoms with van der Waals surface area (Å²) in [6, 6.07) is 14.3. The van der Waals surface area contributed by atoms with Crippen LogP contribution >= 0.6 is 11.6 Å². The fourth-order valence-corrected chi connectivity index (χ4v) is 3.67. The molecule has 0 spiro atoms. The van der Waals surface area contributed by atoms with Gasteiger partial charge in [-0.2, -0.15) is 0 Å². The number of likely N-dealkylation sites (N-methyl/N-ethyl adjacent to an activating group) is 1. The Morgan fingerprint density at radius 2 is 1.97 bits per heavy atom. The highest BCUT2D eigenvalue weighted by Crippen LogP contribution is 2.18. The van der Waals surface area contributed by atoms with Crippen LogP contribution in [0.5, 0.6) is 5.75 Å². The van der Waals surface area contributed by atoms with Crippen LogP contribution < -0.4 is 26.1 Å². The molecule has 4 rings (SSSR count). The Balaban J connectivity index is 1.49. The van der Waals surface area contributed by atoms with Gasteiger partial charge in [0.2, 0.25) is 0 Å². The van der Waals surface area contributed by atoms with Gasteiger partial charge < -0.3 is 19.9 Å². The van der Waals surface area contributed by atoms with E-state index >= 15 is 0 Å². The molecule has 2 aromatic heterocycles. The lowest BCUT2D eigenvalue weighted by Gasteiger charge is -2.18. The van der Waals surface area contributed by atoms with Crippen molar-refractivity contribution in [1.29, 1.82) is 0 Å². The molecule has 7 nitrogen and oxygen atoms in total. The minimum absolute atomic E-state index is 0.275. The van der Waals surface area contributed by atoms with Crippen molar-refractivity contribution < 1.29 is 4.74 Å². The number of ether oxygens (including phenoxy) is 1. The number of nitrogens with zero attached hydrogens (tertiary/aromatic N) is 2. The first-order valence-electron chi connectivity index (χ1n) is 9.79. The molecule has 1 aliphatic rings. The molecule has 1 saturated heterocycles.